The van der Waals surface area contributed by atoms with Gasteiger partial charge in [0, 0.05) is 7.05 Å². The van der Waals surface area contributed by atoms with Gasteiger partial charge in [-0.15, -0.1) is 0 Å². The van der Waals surface area contributed by atoms with E-state index in [1.54, 1.807) is 11.9 Å². The normalized spacial score (nSPS) is 24.3. The molecule has 0 aliphatic heterocycles. The number of aliphatic carboxylic acids is 1. The van der Waals surface area contributed by atoms with Gasteiger partial charge < -0.3 is 15.7 Å². The van der Waals surface area contributed by atoms with E-state index in [9.17, 15) is 14.7 Å². The van der Waals surface area contributed by atoms with E-state index in [4.69, 9.17) is 5.73 Å². The van der Waals surface area contributed by atoms with Crippen molar-refractivity contribution in [3.63, 3.8) is 0 Å². The van der Waals surface area contributed by atoms with Crippen molar-refractivity contribution in [2.75, 3.05) is 7.05 Å². The molecule has 2 rings (SSSR count). The molecule has 0 aromatic rings. The van der Waals surface area contributed by atoms with Crippen molar-refractivity contribution in [2.45, 2.75) is 75.3 Å². The minimum Gasteiger partial charge on any atom is -0.481 e. The van der Waals surface area contributed by atoms with Crippen molar-refractivity contribution in [1.29, 1.82) is 0 Å². The number of rotatable bonds is 4. The van der Waals surface area contributed by atoms with Crippen LogP contribution >= 0.6 is 0 Å². The zero-order chi connectivity index (χ0) is 14.8. The Morgan fingerprint density at radius 2 is 1.55 bits per heavy atom. The van der Waals surface area contributed by atoms with Gasteiger partial charge in [-0.1, -0.05) is 32.1 Å². The molecular weight excluding hydrogens is 256 g/mol. The monoisotopic (exact) mass is 282 g/mol. The van der Waals surface area contributed by atoms with Gasteiger partial charge in [0.15, 0.2) is 0 Å². The molecule has 2 aliphatic rings. The summed E-state index contributed by atoms with van der Waals surface area (Å²) in [6, 6.07) is 0. The molecule has 0 atom stereocenters. The number of hydrogen-bond donors (Lipinski definition) is 2. The van der Waals surface area contributed by atoms with Crippen LogP contribution in [-0.4, -0.2) is 40.0 Å². The lowest BCUT2D eigenvalue weighted by atomic mass is 9.77. The van der Waals surface area contributed by atoms with E-state index in [-0.39, 0.29) is 12.3 Å². The Morgan fingerprint density at radius 3 is 2.05 bits per heavy atom. The molecule has 5 heteroatoms. The van der Waals surface area contributed by atoms with Crippen LogP contribution in [0.5, 0.6) is 0 Å². The summed E-state index contributed by atoms with van der Waals surface area (Å²) in [5, 5.41) is 9.22. The van der Waals surface area contributed by atoms with Gasteiger partial charge in [-0.2, -0.15) is 0 Å². The highest BCUT2D eigenvalue weighted by atomic mass is 16.4. The first-order chi connectivity index (χ1) is 9.40. The van der Waals surface area contributed by atoms with E-state index in [0.29, 0.717) is 0 Å². The Labute approximate surface area is 120 Å². The molecule has 0 saturated heterocycles. The van der Waals surface area contributed by atoms with Gasteiger partial charge >= 0.3 is 5.97 Å². The second-order valence-electron chi connectivity index (χ2n) is 6.58. The lowest BCUT2D eigenvalue weighted by molar-refractivity contribution is -0.149. The van der Waals surface area contributed by atoms with Gasteiger partial charge in [0.25, 0.3) is 0 Å². The molecule has 0 aromatic heterocycles. The van der Waals surface area contributed by atoms with Crippen LogP contribution in [0, 0.1) is 0 Å². The maximum Gasteiger partial charge on any atom is 0.305 e. The fourth-order valence-electron chi connectivity index (χ4n) is 3.89. The number of carbonyl (C=O) groups excluding carboxylic acids is 1. The van der Waals surface area contributed by atoms with Crippen LogP contribution in [0.3, 0.4) is 0 Å². The zero-order valence-corrected chi connectivity index (χ0v) is 12.4. The van der Waals surface area contributed by atoms with Gasteiger partial charge in [-0.25, -0.2) is 0 Å². The molecule has 1 amide bonds. The Balaban J connectivity index is 2.19. The van der Waals surface area contributed by atoms with E-state index < -0.39 is 17.0 Å². The average molecular weight is 282 g/mol. The van der Waals surface area contributed by atoms with Crippen molar-refractivity contribution < 1.29 is 14.7 Å². The molecular formula is C15H26N2O3. The molecule has 2 aliphatic carbocycles. The second kappa shape index (κ2) is 5.72. The molecule has 0 aromatic carbocycles. The largest absolute Gasteiger partial charge is 0.481 e. The fourth-order valence-corrected chi connectivity index (χ4v) is 3.89. The van der Waals surface area contributed by atoms with Crippen molar-refractivity contribution in [2.24, 2.45) is 5.73 Å². The Bertz CT molecular complexity index is 383. The van der Waals surface area contributed by atoms with E-state index in [1.165, 1.54) is 0 Å². The first-order valence-corrected chi connectivity index (χ1v) is 7.69. The Morgan fingerprint density at radius 1 is 1.05 bits per heavy atom. The number of carboxylic acid groups (broad SMARTS) is 1. The summed E-state index contributed by atoms with van der Waals surface area (Å²) < 4.78 is 0. The zero-order valence-electron chi connectivity index (χ0n) is 12.4. The molecule has 0 radical (unpaired) electrons. The lowest BCUT2D eigenvalue weighted by Crippen LogP contribution is -2.60. The van der Waals surface area contributed by atoms with Crippen molar-refractivity contribution >= 4 is 11.9 Å². The quantitative estimate of drug-likeness (QED) is 0.824. The summed E-state index contributed by atoms with van der Waals surface area (Å²) >= 11 is 0. The minimum absolute atomic E-state index is 0.0331. The molecule has 114 valence electrons. The van der Waals surface area contributed by atoms with Crippen LogP contribution < -0.4 is 5.73 Å². The van der Waals surface area contributed by atoms with E-state index in [0.717, 1.165) is 57.8 Å². The molecule has 0 spiro atoms. The SMILES string of the molecule is CN(C(=O)C1(N)CCCC1)C1(CC(=O)O)CCCCC1. The molecule has 0 bridgehead atoms. The van der Waals surface area contributed by atoms with Crippen molar-refractivity contribution in [1.82, 2.24) is 4.90 Å². The number of likely N-dealkylation sites (N-methyl/N-ethyl adjacent to an activating group) is 1. The molecule has 5 nitrogen and oxygen atoms in total. The third kappa shape index (κ3) is 2.82. The number of carboxylic acids is 1. The minimum atomic E-state index is -0.830. The van der Waals surface area contributed by atoms with E-state index >= 15 is 0 Å². The molecule has 3 N–H and O–H groups in total. The molecule has 2 saturated carbocycles. The number of hydrogen-bond acceptors (Lipinski definition) is 3. The van der Waals surface area contributed by atoms with Crippen molar-refractivity contribution in [3.05, 3.63) is 0 Å². The molecule has 0 heterocycles. The van der Waals surface area contributed by atoms with Crippen molar-refractivity contribution in [3.8, 4) is 0 Å². The summed E-state index contributed by atoms with van der Waals surface area (Å²) in [5.74, 6) is -0.887. The van der Waals surface area contributed by atoms with Gasteiger partial charge in [0.1, 0.15) is 0 Å². The molecule has 2 fully saturated rings. The first-order valence-electron chi connectivity index (χ1n) is 7.69. The van der Waals surface area contributed by atoms with E-state index in [2.05, 4.69) is 0 Å². The highest BCUT2D eigenvalue weighted by Gasteiger charge is 2.47. The van der Waals surface area contributed by atoms with Crippen LogP contribution in [0.1, 0.15) is 64.2 Å². The maximum absolute atomic E-state index is 12.8. The van der Waals surface area contributed by atoms with E-state index in [1.807, 2.05) is 0 Å². The molecule has 0 unspecified atom stereocenters. The smallest absolute Gasteiger partial charge is 0.305 e. The third-order valence-corrected chi connectivity index (χ3v) is 5.20. The Kier molecular flexibility index (Phi) is 4.37. The van der Waals surface area contributed by atoms with Crippen LogP contribution in [0.2, 0.25) is 0 Å². The second-order valence-corrected chi connectivity index (χ2v) is 6.58. The number of nitrogens with zero attached hydrogens (tertiary/aromatic N) is 1. The van der Waals surface area contributed by atoms with Gasteiger partial charge in [-0.05, 0) is 25.7 Å². The lowest BCUT2D eigenvalue weighted by Gasteiger charge is -2.46. The van der Waals surface area contributed by atoms with Gasteiger partial charge in [0.2, 0.25) is 5.91 Å². The standard InChI is InChI=1S/C15H26N2O3/c1-17(13(20)15(16)9-5-6-10-15)14(11-12(18)19)7-3-2-4-8-14/h2-11,16H2,1H3,(H,18,19). The summed E-state index contributed by atoms with van der Waals surface area (Å²) in [6.07, 6.45) is 8.10. The fraction of sp³-hybridized carbons (Fsp3) is 0.867. The van der Waals surface area contributed by atoms with Crippen LogP contribution in [0.25, 0.3) is 0 Å². The average Bonchev–Trinajstić information content (AvgIpc) is 2.85. The van der Waals surface area contributed by atoms with Crippen LogP contribution in [0.4, 0.5) is 0 Å². The predicted molar refractivity (Wildman–Crippen MR) is 76.2 cm³/mol. The third-order valence-electron chi connectivity index (χ3n) is 5.20. The Hall–Kier alpha value is -1.10. The summed E-state index contributed by atoms with van der Waals surface area (Å²) in [6.45, 7) is 0. The maximum atomic E-state index is 12.8. The number of carbonyl (C=O) groups is 2. The summed E-state index contributed by atoms with van der Waals surface area (Å²) in [5.41, 5.74) is 4.96. The van der Waals surface area contributed by atoms with Crippen LogP contribution in [0.15, 0.2) is 0 Å². The summed E-state index contributed by atoms with van der Waals surface area (Å²) in [4.78, 5) is 25.7. The highest BCUT2D eigenvalue weighted by molar-refractivity contribution is 5.87. The van der Waals surface area contributed by atoms with Crippen LogP contribution in [-0.2, 0) is 9.59 Å². The highest BCUT2D eigenvalue weighted by Crippen LogP contribution is 2.38. The first kappa shape index (κ1) is 15.3. The summed E-state index contributed by atoms with van der Waals surface area (Å²) in [7, 11) is 1.75. The molecule has 20 heavy (non-hydrogen) atoms. The topological polar surface area (TPSA) is 83.6 Å². The number of nitrogens with two attached hydrogens (primary N) is 1. The van der Waals surface area contributed by atoms with Gasteiger partial charge in [-0.3, -0.25) is 9.59 Å². The number of amides is 1. The van der Waals surface area contributed by atoms with Gasteiger partial charge in [0.05, 0.1) is 17.5 Å². The predicted octanol–water partition coefficient (Wildman–Crippen LogP) is 1.89.